The van der Waals surface area contributed by atoms with Gasteiger partial charge in [-0.1, -0.05) is 39.0 Å². The fraction of sp³-hybridized carbons (Fsp3) is 0.650. The molecule has 1 aliphatic heterocycles. The third-order valence-corrected chi connectivity index (χ3v) is 5.57. The standard InChI is InChI=1S/C20H30N2O/c1-19(2)11-16-12-20(3,13-19)14-22(16)18(23)17-8-6-5-7-15(17)9-10-21-4/h5-8,16,21H,9-14H2,1-4H3. The van der Waals surface area contributed by atoms with E-state index in [0.717, 1.165) is 37.1 Å². The SMILES string of the molecule is CNCCc1ccccc1C(=O)N1CC2(C)CC1CC(C)(C)C2. The Morgan fingerprint density at radius 1 is 1.26 bits per heavy atom. The molecule has 126 valence electrons. The average molecular weight is 314 g/mol. The van der Waals surface area contributed by atoms with E-state index in [0.29, 0.717) is 16.9 Å². The van der Waals surface area contributed by atoms with Crippen LogP contribution in [0.25, 0.3) is 0 Å². The number of hydrogen-bond donors (Lipinski definition) is 1. The molecule has 1 saturated carbocycles. The minimum Gasteiger partial charge on any atom is -0.335 e. The number of nitrogens with one attached hydrogen (secondary N) is 1. The molecule has 1 amide bonds. The minimum atomic E-state index is 0.239. The molecule has 0 spiro atoms. The lowest BCUT2D eigenvalue weighted by atomic mass is 9.65. The molecule has 1 aliphatic carbocycles. The van der Waals surface area contributed by atoms with Crippen LogP contribution < -0.4 is 5.32 Å². The average Bonchev–Trinajstić information content (AvgIpc) is 2.73. The Hall–Kier alpha value is -1.35. The highest BCUT2D eigenvalue weighted by molar-refractivity contribution is 5.96. The van der Waals surface area contributed by atoms with Gasteiger partial charge in [0.05, 0.1) is 0 Å². The van der Waals surface area contributed by atoms with E-state index in [4.69, 9.17) is 0 Å². The highest BCUT2D eigenvalue weighted by Crippen LogP contribution is 2.52. The maximum absolute atomic E-state index is 13.2. The van der Waals surface area contributed by atoms with Crippen molar-refractivity contribution < 1.29 is 4.79 Å². The van der Waals surface area contributed by atoms with E-state index in [-0.39, 0.29) is 5.91 Å². The summed E-state index contributed by atoms with van der Waals surface area (Å²) in [6, 6.07) is 8.54. The van der Waals surface area contributed by atoms with Crippen LogP contribution in [0.1, 0.15) is 56.0 Å². The third-order valence-electron chi connectivity index (χ3n) is 5.57. The van der Waals surface area contributed by atoms with Crippen molar-refractivity contribution in [1.29, 1.82) is 0 Å². The van der Waals surface area contributed by atoms with Crippen LogP contribution in [0.4, 0.5) is 0 Å². The molecule has 3 nitrogen and oxygen atoms in total. The summed E-state index contributed by atoms with van der Waals surface area (Å²) in [6.45, 7) is 8.89. The topological polar surface area (TPSA) is 32.3 Å². The third kappa shape index (κ3) is 3.30. The molecule has 1 aromatic carbocycles. The highest BCUT2D eigenvalue weighted by Gasteiger charge is 2.51. The van der Waals surface area contributed by atoms with Crippen molar-refractivity contribution in [1.82, 2.24) is 10.2 Å². The Morgan fingerprint density at radius 3 is 2.74 bits per heavy atom. The summed E-state index contributed by atoms with van der Waals surface area (Å²) in [4.78, 5) is 15.4. The molecule has 1 saturated heterocycles. The van der Waals surface area contributed by atoms with E-state index < -0.39 is 0 Å². The number of likely N-dealkylation sites (tertiary alicyclic amines) is 1. The van der Waals surface area contributed by atoms with E-state index in [9.17, 15) is 4.79 Å². The fourth-order valence-electron chi connectivity index (χ4n) is 5.06. The number of amides is 1. The van der Waals surface area contributed by atoms with Gasteiger partial charge in [0.2, 0.25) is 0 Å². The van der Waals surface area contributed by atoms with Gasteiger partial charge >= 0.3 is 0 Å². The monoisotopic (exact) mass is 314 g/mol. The number of fused-ring (bicyclic) bond motifs is 2. The molecule has 23 heavy (non-hydrogen) atoms. The highest BCUT2D eigenvalue weighted by atomic mass is 16.2. The van der Waals surface area contributed by atoms with Crippen LogP contribution in [-0.4, -0.2) is 37.0 Å². The molecule has 1 N–H and O–H groups in total. The summed E-state index contributed by atoms with van der Waals surface area (Å²) < 4.78 is 0. The first kappa shape index (κ1) is 16.5. The second-order valence-electron chi connectivity index (χ2n) is 8.66. The van der Waals surface area contributed by atoms with Gasteiger partial charge in [-0.25, -0.2) is 0 Å². The Morgan fingerprint density at radius 2 is 2.00 bits per heavy atom. The second-order valence-corrected chi connectivity index (χ2v) is 8.66. The zero-order valence-corrected chi connectivity index (χ0v) is 15.0. The van der Waals surface area contributed by atoms with E-state index in [1.165, 1.54) is 12.8 Å². The Balaban J connectivity index is 1.85. The largest absolute Gasteiger partial charge is 0.335 e. The van der Waals surface area contributed by atoms with E-state index >= 15 is 0 Å². The van der Waals surface area contributed by atoms with Gasteiger partial charge in [0.1, 0.15) is 0 Å². The second kappa shape index (κ2) is 5.94. The molecule has 1 heterocycles. The minimum absolute atomic E-state index is 0.239. The lowest BCUT2D eigenvalue weighted by Gasteiger charge is -2.39. The smallest absolute Gasteiger partial charge is 0.254 e. The Bertz CT molecular complexity index is 595. The van der Waals surface area contributed by atoms with Gasteiger partial charge in [-0.3, -0.25) is 4.79 Å². The van der Waals surface area contributed by atoms with Crippen LogP contribution >= 0.6 is 0 Å². The van der Waals surface area contributed by atoms with Crippen molar-refractivity contribution in [2.24, 2.45) is 10.8 Å². The number of hydrogen-bond acceptors (Lipinski definition) is 2. The zero-order valence-electron chi connectivity index (χ0n) is 15.0. The number of benzene rings is 1. The number of rotatable bonds is 4. The maximum atomic E-state index is 13.2. The number of carbonyl (C=O) groups is 1. The van der Waals surface area contributed by atoms with Crippen LogP contribution in [0.5, 0.6) is 0 Å². The summed E-state index contributed by atoms with van der Waals surface area (Å²) in [6.07, 6.45) is 4.43. The van der Waals surface area contributed by atoms with E-state index in [1.54, 1.807) is 0 Å². The molecular weight excluding hydrogens is 284 g/mol. The van der Waals surface area contributed by atoms with Crippen molar-refractivity contribution in [2.45, 2.75) is 52.5 Å². The van der Waals surface area contributed by atoms with Gasteiger partial charge in [-0.05, 0) is 61.7 Å². The first-order valence-corrected chi connectivity index (χ1v) is 8.87. The van der Waals surface area contributed by atoms with Gasteiger partial charge < -0.3 is 10.2 Å². The molecule has 0 radical (unpaired) electrons. The molecule has 1 aromatic rings. The van der Waals surface area contributed by atoms with Crippen LogP contribution in [0.3, 0.4) is 0 Å². The molecule has 2 atom stereocenters. The van der Waals surface area contributed by atoms with Gasteiger partial charge in [0.25, 0.3) is 5.91 Å². The number of likely N-dealkylation sites (N-methyl/N-ethyl adjacent to an activating group) is 1. The van der Waals surface area contributed by atoms with E-state index in [2.05, 4.69) is 37.1 Å². The van der Waals surface area contributed by atoms with Crippen LogP contribution in [0.15, 0.2) is 24.3 Å². The fourth-order valence-corrected chi connectivity index (χ4v) is 5.06. The molecule has 3 rings (SSSR count). The van der Waals surface area contributed by atoms with Gasteiger partial charge in [0, 0.05) is 18.2 Å². The van der Waals surface area contributed by atoms with Crippen molar-refractivity contribution >= 4 is 5.91 Å². The Kier molecular flexibility index (Phi) is 4.26. The summed E-state index contributed by atoms with van der Waals surface area (Å²) >= 11 is 0. The van der Waals surface area contributed by atoms with Gasteiger partial charge in [-0.15, -0.1) is 0 Å². The van der Waals surface area contributed by atoms with Crippen LogP contribution in [0, 0.1) is 10.8 Å². The quantitative estimate of drug-likeness (QED) is 0.922. The van der Waals surface area contributed by atoms with Crippen molar-refractivity contribution in [3.8, 4) is 0 Å². The first-order chi connectivity index (χ1) is 10.8. The number of nitrogens with zero attached hydrogens (tertiary/aromatic N) is 1. The van der Waals surface area contributed by atoms with Crippen LogP contribution in [-0.2, 0) is 6.42 Å². The molecule has 2 fully saturated rings. The first-order valence-electron chi connectivity index (χ1n) is 8.87. The summed E-state index contributed by atoms with van der Waals surface area (Å²) in [7, 11) is 1.96. The summed E-state index contributed by atoms with van der Waals surface area (Å²) in [5, 5.41) is 3.18. The number of carbonyl (C=O) groups excluding carboxylic acids is 1. The Labute approximate surface area is 140 Å². The molecule has 2 aliphatic rings. The van der Waals surface area contributed by atoms with Crippen LogP contribution in [0.2, 0.25) is 0 Å². The zero-order chi connectivity index (χ0) is 16.7. The van der Waals surface area contributed by atoms with E-state index in [1.807, 2.05) is 25.2 Å². The van der Waals surface area contributed by atoms with Gasteiger partial charge in [0.15, 0.2) is 0 Å². The predicted octanol–water partition coefficient (Wildman–Crippen LogP) is 3.49. The van der Waals surface area contributed by atoms with Crippen molar-refractivity contribution in [3.05, 3.63) is 35.4 Å². The molecule has 2 unspecified atom stereocenters. The lowest BCUT2D eigenvalue weighted by Crippen LogP contribution is -2.38. The summed E-state index contributed by atoms with van der Waals surface area (Å²) in [5.74, 6) is 0.239. The summed E-state index contributed by atoms with van der Waals surface area (Å²) in [5.41, 5.74) is 2.70. The van der Waals surface area contributed by atoms with Crippen molar-refractivity contribution in [2.75, 3.05) is 20.1 Å². The van der Waals surface area contributed by atoms with Crippen molar-refractivity contribution in [3.63, 3.8) is 0 Å². The predicted molar refractivity (Wildman–Crippen MR) is 94.6 cm³/mol. The normalized spacial score (nSPS) is 28.9. The molecule has 3 heteroatoms. The van der Waals surface area contributed by atoms with Gasteiger partial charge in [-0.2, -0.15) is 0 Å². The maximum Gasteiger partial charge on any atom is 0.254 e. The molecular formula is C20H30N2O. The lowest BCUT2D eigenvalue weighted by molar-refractivity contribution is 0.0707. The molecule has 2 bridgehead atoms. The molecule has 0 aromatic heterocycles.